The minimum absolute atomic E-state index is 0.00759. The molecule has 0 saturated heterocycles. The molecule has 0 heterocycles. The molecule has 0 aromatic heterocycles. The predicted molar refractivity (Wildman–Crippen MR) is 238 cm³/mol. The maximum absolute atomic E-state index is 12.8. The van der Waals surface area contributed by atoms with Gasteiger partial charge in [-0.2, -0.15) is 0 Å². The lowest BCUT2D eigenvalue weighted by Gasteiger charge is -2.29. The van der Waals surface area contributed by atoms with E-state index in [0.717, 1.165) is 51.4 Å². The van der Waals surface area contributed by atoms with Crippen molar-refractivity contribution in [2.24, 2.45) is 0 Å². The molecule has 2 N–H and O–H groups in total. The Morgan fingerprint density at radius 2 is 1.09 bits per heavy atom. The van der Waals surface area contributed by atoms with Gasteiger partial charge < -0.3 is 28.8 Å². The monoisotopic (exact) mass is 809 g/mol. The maximum Gasteiger partial charge on any atom is 0.268 e. The Morgan fingerprint density at radius 1 is 0.625 bits per heavy atom. The van der Waals surface area contributed by atoms with E-state index in [-0.39, 0.29) is 12.5 Å². The van der Waals surface area contributed by atoms with Crippen LogP contribution in [0.4, 0.5) is 0 Å². The molecule has 0 aliphatic carbocycles. The van der Waals surface area contributed by atoms with E-state index in [1.54, 1.807) is 6.08 Å². The van der Waals surface area contributed by atoms with Gasteiger partial charge in [0.05, 0.1) is 39.9 Å². The average molecular weight is 809 g/mol. The number of rotatable bonds is 41. The zero-order valence-electron chi connectivity index (χ0n) is 37.1. The first-order valence-corrected chi connectivity index (χ1v) is 24.5. The van der Waals surface area contributed by atoms with Crippen LogP contribution in [0.25, 0.3) is 0 Å². The highest BCUT2D eigenvalue weighted by atomic mass is 31.2. The van der Waals surface area contributed by atoms with Gasteiger partial charge in [0.2, 0.25) is 5.91 Å². The second kappa shape index (κ2) is 38.9. The summed E-state index contributed by atoms with van der Waals surface area (Å²) in [7, 11) is 1.24. The smallest absolute Gasteiger partial charge is 0.268 e. The molecule has 3 atom stereocenters. The number of hydrogen-bond acceptors (Lipinski definition) is 6. The number of phosphoric acid groups is 1. The van der Waals surface area contributed by atoms with Crippen molar-refractivity contribution < 1.29 is 32.9 Å². The lowest BCUT2D eigenvalue weighted by molar-refractivity contribution is -0.870. The fourth-order valence-electron chi connectivity index (χ4n) is 6.32. The summed E-state index contributed by atoms with van der Waals surface area (Å²) in [6, 6.07) is -0.900. The standard InChI is InChI=1S/C47H89N2O6P/c1-6-8-10-12-14-15-16-17-18-19-20-21-22-23-24-25-26-27-28-29-30-31-32-33-35-37-39-41-47(51)48-45(46(50)40-38-36-34-13-11-9-7-2)44-55-56(52,53)54-43-42-49(3,4)5/h11,13,16-17,19-20,38,40,45-46,50H,6-10,12,14-15,18,21-37,39,41-44H2,1-5H3,(H-,48,51,52,53)/b13-11+,17-16-,20-19-,40-38+. The van der Waals surface area contributed by atoms with Crippen LogP contribution in [0.2, 0.25) is 0 Å². The van der Waals surface area contributed by atoms with E-state index in [1.807, 2.05) is 27.2 Å². The molecule has 8 nitrogen and oxygen atoms in total. The highest BCUT2D eigenvalue weighted by molar-refractivity contribution is 7.45. The highest BCUT2D eigenvalue weighted by Crippen LogP contribution is 2.38. The van der Waals surface area contributed by atoms with Gasteiger partial charge in [0.1, 0.15) is 13.2 Å². The molecule has 0 saturated carbocycles. The number of likely N-dealkylation sites (N-methyl/N-ethyl adjacent to an activating group) is 1. The number of aliphatic hydroxyl groups excluding tert-OH is 1. The van der Waals surface area contributed by atoms with Crippen molar-refractivity contribution in [3.8, 4) is 0 Å². The molecule has 1 amide bonds. The summed E-state index contributed by atoms with van der Waals surface area (Å²) in [6.45, 7) is 4.49. The summed E-state index contributed by atoms with van der Waals surface area (Å²) < 4.78 is 23.0. The second-order valence-corrected chi connectivity index (χ2v) is 18.2. The molecule has 0 bridgehead atoms. The summed E-state index contributed by atoms with van der Waals surface area (Å²) in [5.41, 5.74) is 0. The third kappa shape index (κ3) is 40.6. The number of nitrogens with one attached hydrogen (secondary N) is 1. The second-order valence-electron chi connectivity index (χ2n) is 16.7. The summed E-state index contributed by atoms with van der Waals surface area (Å²) in [5, 5.41) is 13.6. The number of carbonyl (C=O) groups excluding carboxylic acids is 1. The van der Waals surface area contributed by atoms with Crippen LogP contribution in [0.3, 0.4) is 0 Å². The van der Waals surface area contributed by atoms with E-state index in [1.165, 1.54) is 122 Å². The number of hydrogen-bond donors (Lipinski definition) is 2. The molecule has 0 aromatic rings. The molecular formula is C47H89N2O6P. The highest BCUT2D eigenvalue weighted by Gasteiger charge is 2.23. The normalized spacial score (nSPS) is 14.8. The van der Waals surface area contributed by atoms with Crippen LogP contribution < -0.4 is 10.2 Å². The minimum atomic E-state index is -4.58. The molecule has 0 rings (SSSR count). The first-order chi connectivity index (χ1) is 27.0. The maximum atomic E-state index is 12.8. The van der Waals surface area contributed by atoms with Crippen LogP contribution in [0, 0.1) is 0 Å². The summed E-state index contributed by atoms with van der Waals surface area (Å²) in [6.07, 6.45) is 49.2. The van der Waals surface area contributed by atoms with Crippen molar-refractivity contribution in [2.75, 3.05) is 40.9 Å². The van der Waals surface area contributed by atoms with Crippen molar-refractivity contribution in [1.29, 1.82) is 0 Å². The molecule has 0 spiro atoms. The lowest BCUT2D eigenvalue weighted by Crippen LogP contribution is -2.45. The van der Waals surface area contributed by atoms with Crippen molar-refractivity contribution in [2.45, 2.75) is 206 Å². The number of carbonyl (C=O) groups is 1. The number of aliphatic hydroxyl groups is 1. The van der Waals surface area contributed by atoms with Crippen molar-refractivity contribution in [3.05, 3.63) is 48.6 Å². The van der Waals surface area contributed by atoms with Gasteiger partial charge in [-0.05, 0) is 57.8 Å². The topological polar surface area (TPSA) is 108 Å². The van der Waals surface area contributed by atoms with Crippen LogP contribution in [-0.2, 0) is 18.4 Å². The molecule has 3 unspecified atom stereocenters. The number of nitrogens with zero attached hydrogens (tertiary/aromatic N) is 1. The molecular weight excluding hydrogens is 719 g/mol. The van der Waals surface area contributed by atoms with Crippen molar-refractivity contribution in [3.63, 3.8) is 0 Å². The van der Waals surface area contributed by atoms with Crippen LogP contribution >= 0.6 is 7.82 Å². The number of quaternary nitrogens is 1. The van der Waals surface area contributed by atoms with E-state index < -0.39 is 26.6 Å². The van der Waals surface area contributed by atoms with Gasteiger partial charge in [-0.1, -0.05) is 178 Å². The van der Waals surface area contributed by atoms with E-state index in [4.69, 9.17) is 9.05 Å². The van der Waals surface area contributed by atoms with Gasteiger partial charge in [0, 0.05) is 6.42 Å². The lowest BCUT2D eigenvalue weighted by atomic mass is 10.0. The van der Waals surface area contributed by atoms with Gasteiger partial charge in [-0.25, -0.2) is 0 Å². The first kappa shape index (κ1) is 54.5. The molecule has 0 radical (unpaired) electrons. The summed E-state index contributed by atoms with van der Waals surface area (Å²) in [4.78, 5) is 25.2. The summed E-state index contributed by atoms with van der Waals surface area (Å²) >= 11 is 0. The third-order valence-electron chi connectivity index (χ3n) is 9.99. The van der Waals surface area contributed by atoms with E-state index in [0.29, 0.717) is 17.4 Å². The average Bonchev–Trinajstić information content (AvgIpc) is 3.15. The van der Waals surface area contributed by atoms with Gasteiger partial charge in [0.25, 0.3) is 7.82 Å². The first-order valence-electron chi connectivity index (χ1n) is 23.0. The Kier molecular flexibility index (Phi) is 37.9. The molecule has 9 heteroatoms. The zero-order valence-corrected chi connectivity index (χ0v) is 38.0. The predicted octanol–water partition coefficient (Wildman–Crippen LogP) is 12.2. The third-order valence-corrected chi connectivity index (χ3v) is 11.0. The fraction of sp³-hybridized carbons (Fsp3) is 0.809. The molecule has 56 heavy (non-hydrogen) atoms. The van der Waals surface area contributed by atoms with Crippen LogP contribution in [0.5, 0.6) is 0 Å². The summed E-state index contributed by atoms with van der Waals surface area (Å²) in [5.74, 6) is -0.213. The zero-order chi connectivity index (χ0) is 41.4. The minimum Gasteiger partial charge on any atom is -0.756 e. The Balaban J connectivity index is 4.04. The Labute approximate surface area is 346 Å². The largest absolute Gasteiger partial charge is 0.756 e. The Bertz CT molecular complexity index is 1050. The van der Waals surface area contributed by atoms with E-state index in [9.17, 15) is 19.4 Å². The number of allylic oxidation sites excluding steroid dienone is 7. The number of amides is 1. The Morgan fingerprint density at radius 3 is 1.61 bits per heavy atom. The number of phosphoric ester groups is 1. The SMILES string of the molecule is CCC/C=C/CC/C=C/C(O)C(COP(=O)([O-])OCC[N+](C)(C)C)NC(=O)CCCCCCCCCCCCCCCCC/C=C\C/C=C\CCCCCCC. The van der Waals surface area contributed by atoms with Crippen LogP contribution in [0.1, 0.15) is 194 Å². The van der Waals surface area contributed by atoms with Gasteiger partial charge >= 0.3 is 0 Å². The van der Waals surface area contributed by atoms with E-state index >= 15 is 0 Å². The van der Waals surface area contributed by atoms with E-state index in [2.05, 4.69) is 55.6 Å². The van der Waals surface area contributed by atoms with Gasteiger partial charge in [-0.15, -0.1) is 0 Å². The van der Waals surface area contributed by atoms with Crippen molar-refractivity contribution >= 4 is 13.7 Å². The van der Waals surface area contributed by atoms with Crippen LogP contribution in [-0.4, -0.2) is 68.5 Å². The fourth-order valence-corrected chi connectivity index (χ4v) is 7.05. The number of unbranched alkanes of at least 4 members (excludes halogenated alkanes) is 22. The molecule has 0 aliphatic rings. The quantitative estimate of drug-likeness (QED) is 0.0276. The van der Waals surface area contributed by atoms with Gasteiger partial charge in [0.15, 0.2) is 0 Å². The van der Waals surface area contributed by atoms with Crippen molar-refractivity contribution in [1.82, 2.24) is 5.32 Å². The van der Waals surface area contributed by atoms with Crippen LogP contribution in [0.15, 0.2) is 48.6 Å². The Hall–Kier alpha value is -1.54. The van der Waals surface area contributed by atoms with Gasteiger partial charge in [-0.3, -0.25) is 9.36 Å². The molecule has 328 valence electrons. The molecule has 0 fully saturated rings. The molecule has 0 aromatic carbocycles. The molecule has 0 aliphatic heterocycles.